The first kappa shape index (κ1) is 22.6. The number of rotatable bonds is 4. The lowest BCUT2D eigenvalue weighted by molar-refractivity contribution is -0.140. The monoisotopic (exact) mass is 415 g/mol. The Morgan fingerprint density at radius 3 is 2.18 bits per heavy atom. The lowest BCUT2D eigenvalue weighted by Crippen LogP contribution is -2.29. The minimum atomic E-state index is -4.65. The maximum Gasteiger partial charge on any atom is 0.419 e. The Morgan fingerprint density at radius 2 is 1.68 bits per heavy atom. The second kappa shape index (κ2) is 10.2. The molecular formula is C21H25F4NOS. The number of hydrogen-bond donors (Lipinski definition) is 1. The molecule has 28 heavy (non-hydrogen) atoms. The molecule has 2 atom stereocenters. The number of benzene rings is 2. The SMILES string of the molecule is CC(NC1CCCC1)c1ccc(F)c(C(F)(F)F)c1.CS(=O)c1ccccc1. The van der Waals surface area contributed by atoms with Crippen molar-refractivity contribution in [2.45, 2.75) is 55.8 Å². The molecule has 1 aliphatic carbocycles. The highest BCUT2D eigenvalue weighted by molar-refractivity contribution is 7.84. The minimum absolute atomic E-state index is 0.204. The summed E-state index contributed by atoms with van der Waals surface area (Å²) in [5, 5.41) is 3.30. The van der Waals surface area contributed by atoms with Crippen LogP contribution in [0.5, 0.6) is 0 Å². The van der Waals surface area contributed by atoms with Gasteiger partial charge in [-0.3, -0.25) is 4.21 Å². The van der Waals surface area contributed by atoms with E-state index in [2.05, 4.69) is 5.32 Å². The molecule has 1 saturated carbocycles. The summed E-state index contributed by atoms with van der Waals surface area (Å²) >= 11 is 0. The van der Waals surface area contributed by atoms with E-state index in [-0.39, 0.29) is 6.04 Å². The predicted molar refractivity (Wildman–Crippen MR) is 104 cm³/mol. The van der Waals surface area contributed by atoms with Gasteiger partial charge in [0.2, 0.25) is 0 Å². The Hall–Kier alpha value is -1.73. The summed E-state index contributed by atoms with van der Waals surface area (Å²) in [5.74, 6) is -1.22. The van der Waals surface area contributed by atoms with Gasteiger partial charge in [-0.2, -0.15) is 13.2 Å². The summed E-state index contributed by atoms with van der Waals surface area (Å²) in [7, 11) is -0.829. The zero-order chi connectivity index (χ0) is 20.7. The molecule has 2 aromatic carbocycles. The van der Waals surface area contributed by atoms with E-state index in [1.54, 1.807) is 6.26 Å². The fourth-order valence-corrected chi connectivity index (χ4v) is 3.72. The van der Waals surface area contributed by atoms with Crippen molar-refractivity contribution in [3.05, 3.63) is 65.5 Å². The number of halogens is 4. The molecule has 0 spiro atoms. The molecule has 0 bridgehead atoms. The van der Waals surface area contributed by atoms with Crippen LogP contribution in [-0.4, -0.2) is 16.5 Å². The molecule has 3 rings (SSSR count). The first-order valence-corrected chi connectivity index (χ1v) is 10.8. The summed E-state index contributed by atoms with van der Waals surface area (Å²) in [6, 6.07) is 12.8. The van der Waals surface area contributed by atoms with Crippen molar-refractivity contribution >= 4 is 10.8 Å². The molecule has 1 fully saturated rings. The van der Waals surface area contributed by atoms with Crippen LogP contribution in [0.25, 0.3) is 0 Å². The van der Waals surface area contributed by atoms with Gasteiger partial charge in [-0.15, -0.1) is 0 Å². The molecular weight excluding hydrogens is 390 g/mol. The topological polar surface area (TPSA) is 29.1 Å². The highest BCUT2D eigenvalue weighted by Gasteiger charge is 2.34. The van der Waals surface area contributed by atoms with Crippen LogP contribution < -0.4 is 5.32 Å². The lowest BCUT2D eigenvalue weighted by Gasteiger charge is -2.20. The van der Waals surface area contributed by atoms with Gasteiger partial charge in [0.15, 0.2) is 0 Å². The Morgan fingerprint density at radius 1 is 1.07 bits per heavy atom. The smallest absolute Gasteiger partial charge is 0.307 e. The summed E-state index contributed by atoms with van der Waals surface area (Å²) in [6.07, 6.45) is 1.45. The second-order valence-corrected chi connectivity index (χ2v) is 8.25. The van der Waals surface area contributed by atoms with Crippen LogP contribution >= 0.6 is 0 Å². The molecule has 0 heterocycles. The van der Waals surface area contributed by atoms with E-state index in [4.69, 9.17) is 0 Å². The van der Waals surface area contributed by atoms with Crippen molar-refractivity contribution < 1.29 is 21.8 Å². The van der Waals surface area contributed by atoms with E-state index in [0.717, 1.165) is 42.7 Å². The second-order valence-electron chi connectivity index (χ2n) is 6.87. The molecule has 0 aliphatic heterocycles. The normalized spacial score (nSPS) is 16.9. The highest BCUT2D eigenvalue weighted by atomic mass is 32.2. The first-order chi connectivity index (χ1) is 13.2. The summed E-state index contributed by atoms with van der Waals surface area (Å²) in [6.45, 7) is 1.81. The summed E-state index contributed by atoms with van der Waals surface area (Å²) < 4.78 is 61.9. The van der Waals surface area contributed by atoms with Crippen LogP contribution in [0, 0.1) is 5.82 Å². The number of hydrogen-bond acceptors (Lipinski definition) is 2. The maximum atomic E-state index is 13.2. The fraction of sp³-hybridized carbons (Fsp3) is 0.429. The van der Waals surface area contributed by atoms with Gasteiger partial charge in [-0.05, 0) is 49.6 Å². The molecule has 2 nitrogen and oxygen atoms in total. The minimum Gasteiger partial charge on any atom is -0.307 e. The Kier molecular flexibility index (Phi) is 8.19. The van der Waals surface area contributed by atoms with E-state index in [1.807, 2.05) is 37.3 Å². The Labute approximate surface area is 165 Å². The molecule has 154 valence electrons. The van der Waals surface area contributed by atoms with Crippen LogP contribution in [0.3, 0.4) is 0 Å². The van der Waals surface area contributed by atoms with Gasteiger partial charge in [-0.1, -0.05) is 37.1 Å². The third-order valence-electron chi connectivity index (χ3n) is 4.71. The van der Waals surface area contributed by atoms with E-state index in [9.17, 15) is 21.8 Å². The third-order valence-corrected chi connectivity index (χ3v) is 5.65. The van der Waals surface area contributed by atoms with E-state index in [1.165, 1.54) is 6.07 Å². The van der Waals surface area contributed by atoms with Gasteiger partial charge in [0.25, 0.3) is 0 Å². The molecule has 1 N–H and O–H groups in total. The summed E-state index contributed by atoms with van der Waals surface area (Å²) in [4.78, 5) is 0.887. The van der Waals surface area contributed by atoms with Crippen molar-refractivity contribution in [3.8, 4) is 0 Å². The zero-order valence-electron chi connectivity index (χ0n) is 15.9. The molecule has 0 saturated heterocycles. The molecule has 0 amide bonds. The van der Waals surface area contributed by atoms with Crippen LogP contribution in [0.1, 0.15) is 49.8 Å². The standard InChI is InChI=1S/C14H17F4N.C7H8OS/c1-9(19-11-4-2-3-5-11)10-6-7-13(15)12(8-10)14(16,17)18;1-9(8)7-5-3-2-4-6-7/h6-9,11,19H,2-5H2,1H3;2-6H,1H3. The van der Waals surface area contributed by atoms with Crippen molar-refractivity contribution in [3.63, 3.8) is 0 Å². The van der Waals surface area contributed by atoms with Crippen molar-refractivity contribution in [1.82, 2.24) is 5.32 Å². The molecule has 2 unspecified atom stereocenters. The lowest BCUT2D eigenvalue weighted by atomic mass is 10.0. The summed E-state index contributed by atoms with van der Waals surface area (Å²) in [5.41, 5.74) is -0.717. The predicted octanol–water partition coefficient (Wildman–Crippen LogP) is 5.86. The van der Waals surface area contributed by atoms with Crippen molar-refractivity contribution in [2.75, 3.05) is 6.26 Å². The quantitative estimate of drug-likeness (QED) is 0.634. The molecule has 1 aliphatic rings. The van der Waals surface area contributed by atoms with Gasteiger partial charge in [0, 0.05) is 34.0 Å². The van der Waals surface area contributed by atoms with Crippen LogP contribution in [0.4, 0.5) is 17.6 Å². The van der Waals surface area contributed by atoms with Crippen LogP contribution in [0.15, 0.2) is 53.4 Å². The van der Waals surface area contributed by atoms with Gasteiger partial charge in [-0.25, -0.2) is 4.39 Å². The number of alkyl halides is 3. The van der Waals surface area contributed by atoms with Crippen LogP contribution in [-0.2, 0) is 17.0 Å². The average Bonchev–Trinajstić information content (AvgIpc) is 3.15. The van der Waals surface area contributed by atoms with Gasteiger partial charge >= 0.3 is 6.18 Å². The van der Waals surface area contributed by atoms with Gasteiger partial charge in [0.1, 0.15) is 5.82 Å². The Bertz CT molecular complexity index is 774. The third kappa shape index (κ3) is 6.71. The van der Waals surface area contributed by atoms with Crippen molar-refractivity contribution in [1.29, 1.82) is 0 Å². The zero-order valence-corrected chi connectivity index (χ0v) is 16.7. The average molecular weight is 415 g/mol. The molecule has 0 aromatic heterocycles. The molecule has 7 heteroatoms. The largest absolute Gasteiger partial charge is 0.419 e. The van der Waals surface area contributed by atoms with E-state index < -0.39 is 28.4 Å². The molecule has 2 aromatic rings. The first-order valence-electron chi connectivity index (χ1n) is 9.19. The fourth-order valence-electron chi connectivity index (χ4n) is 3.18. The highest BCUT2D eigenvalue weighted by Crippen LogP contribution is 2.33. The number of nitrogens with one attached hydrogen (secondary N) is 1. The van der Waals surface area contributed by atoms with E-state index in [0.29, 0.717) is 11.6 Å². The maximum absolute atomic E-state index is 13.2. The van der Waals surface area contributed by atoms with Gasteiger partial charge < -0.3 is 5.32 Å². The Balaban J connectivity index is 0.000000261. The van der Waals surface area contributed by atoms with Crippen LogP contribution in [0.2, 0.25) is 0 Å². The van der Waals surface area contributed by atoms with Crippen molar-refractivity contribution in [2.24, 2.45) is 0 Å². The molecule has 0 radical (unpaired) electrons. The van der Waals surface area contributed by atoms with E-state index >= 15 is 0 Å². The van der Waals surface area contributed by atoms with Gasteiger partial charge in [0.05, 0.1) is 5.56 Å².